The molecule has 1 heterocycles. The summed E-state index contributed by atoms with van der Waals surface area (Å²) in [7, 11) is 0. The Morgan fingerprint density at radius 3 is 2.27 bits per heavy atom. The Morgan fingerprint density at radius 2 is 1.76 bits per heavy atom. The topological polar surface area (TPSA) is 62.2 Å². The molecule has 0 spiro atoms. The quantitative estimate of drug-likeness (QED) is 0.457. The Bertz CT molecular complexity index is 975. The van der Waals surface area contributed by atoms with Gasteiger partial charge < -0.3 is 9.64 Å². The summed E-state index contributed by atoms with van der Waals surface area (Å²) in [5.74, 6) is 0.796. The SMILES string of the molecule is CCN(C1=CC=C(OC(C)C)CC1)C1=NC(=O)C(CC)(CC)C(=O)N1Cc1ccc(Cl)cc1. The number of guanidine groups is 1. The van der Waals surface area contributed by atoms with E-state index in [2.05, 4.69) is 4.99 Å². The highest BCUT2D eigenvalue weighted by Gasteiger charge is 2.50. The number of carbonyl (C=O) groups is 2. The summed E-state index contributed by atoms with van der Waals surface area (Å²) in [6, 6.07) is 7.42. The van der Waals surface area contributed by atoms with Crippen molar-refractivity contribution in [3.05, 3.63) is 58.5 Å². The lowest BCUT2D eigenvalue weighted by molar-refractivity contribution is -0.149. The molecule has 0 radical (unpaired) electrons. The number of amides is 2. The normalized spacial score (nSPS) is 18.2. The van der Waals surface area contributed by atoms with Gasteiger partial charge in [-0.2, -0.15) is 4.99 Å². The van der Waals surface area contributed by atoms with Crippen LogP contribution in [0, 0.1) is 5.41 Å². The molecular formula is C26H34ClN3O3. The van der Waals surface area contributed by atoms with E-state index in [1.807, 2.05) is 75.9 Å². The molecule has 0 bridgehead atoms. The van der Waals surface area contributed by atoms with Crippen LogP contribution in [0.2, 0.25) is 5.02 Å². The fraction of sp³-hybridized carbons (Fsp3) is 0.500. The Kier molecular flexibility index (Phi) is 8.01. The summed E-state index contributed by atoms with van der Waals surface area (Å²) in [4.78, 5) is 35.2. The second-order valence-corrected chi connectivity index (χ2v) is 9.16. The minimum Gasteiger partial charge on any atom is -0.495 e. The average molecular weight is 472 g/mol. The van der Waals surface area contributed by atoms with E-state index in [0.29, 0.717) is 36.9 Å². The van der Waals surface area contributed by atoms with Crippen LogP contribution >= 0.6 is 11.6 Å². The number of aliphatic imine (C=N–C) groups is 1. The molecule has 1 aliphatic carbocycles. The van der Waals surface area contributed by atoms with Crippen LogP contribution in [0.15, 0.2) is 52.9 Å². The highest BCUT2D eigenvalue weighted by Crippen LogP contribution is 2.36. The highest BCUT2D eigenvalue weighted by molar-refractivity contribution is 6.30. The van der Waals surface area contributed by atoms with Crippen molar-refractivity contribution in [2.24, 2.45) is 10.4 Å². The molecule has 0 atom stereocenters. The van der Waals surface area contributed by atoms with Crippen molar-refractivity contribution in [2.75, 3.05) is 6.54 Å². The lowest BCUT2D eigenvalue weighted by Gasteiger charge is -2.42. The van der Waals surface area contributed by atoms with Gasteiger partial charge in [0.15, 0.2) is 0 Å². The lowest BCUT2D eigenvalue weighted by Crippen LogP contribution is -2.58. The van der Waals surface area contributed by atoms with Crippen LogP contribution in [-0.4, -0.2) is 40.2 Å². The second kappa shape index (κ2) is 10.6. The monoisotopic (exact) mass is 471 g/mol. The van der Waals surface area contributed by atoms with Crippen molar-refractivity contribution in [3.8, 4) is 0 Å². The van der Waals surface area contributed by atoms with Gasteiger partial charge in [-0.15, -0.1) is 0 Å². The number of hydrogen-bond donors (Lipinski definition) is 0. The molecule has 7 heteroatoms. The zero-order valence-corrected chi connectivity index (χ0v) is 21.0. The smallest absolute Gasteiger partial charge is 0.264 e. The molecule has 0 unspecified atom stereocenters. The number of carbonyl (C=O) groups excluding carboxylic acids is 2. The Morgan fingerprint density at radius 1 is 1.09 bits per heavy atom. The molecule has 0 aromatic heterocycles. The van der Waals surface area contributed by atoms with Crippen LogP contribution in [0.5, 0.6) is 0 Å². The fourth-order valence-corrected chi connectivity index (χ4v) is 4.51. The maximum atomic E-state index is 13.8. The zero-order chi connectivity index (χ0) is 24.2. The van der Waals surface area contributed by atoms with Crippen LogP contribution in [0.1, 0.15) is 65.9 Å². The molecule has 3 rings (SSSR count). The third kappa shape index (κ3) is 5.16. The van der Waals surface area contributed by atoms with Crippen molar-refractivity contribution < 1.29 is 14.3 Å². The van der Waals surface area contributed by atoms with Gasteiger partial charge in [0, 0.05) is 23.7 Å². The van der Waals surface area contributed by atoms with E-state index in [-0.39, 0.29) is 17.9 Å². The third-order valence-corrected chi connectivity index (χ3v) is 6.60. The van der Waals surface area contributed by atoms with Gasteiger partial charge in [-0.05, 0) is 69.9 Å². The minimum atomic E-state index is -1.12. The number of rotatable bonds is 8. The molecule has 0 fully saturated rings. The first-order chi connectivity index (χ1) is 15.7. The summed E-state index contributed by atoms with van der Waals surface area (Å²) < 4.78 is 5.84. The van der Waals surface area contributed by atoms with Gasteiger partial charge in [0.25, 0.3) is 5.91 Å². The van der Waals surface area contributed by atoms with Crippen molar-refractivity contribution in [3.63, 3.8) is 0 Å². The number of allylic oxidation sites excluding steroid dienone is 4. The number of halogens is 1. The lowest BCUT2D eigenvalue weighted by atomic mass is 9.79. The molecule has 2 amide bonds. The standard InChI is InChI=1S/C26H34ClN3O3/c1-6-26(7-2)23(31)28-25(30(24(26)32)17-19-9-11-20(27)12-10-19)29(8-3)21-13-15-22(16-14-21)33-18(4)5/h9-13,15,18H,6-8,14,16-17H2,1-5H3. The molecule has 2 aliphatic rings. The summed E-state index contributed by atoms with van der Waals surface area (Å²) in [6.07, 6.45) is 6.45. The van der Waals surface area contributed by atoms with Gasteiger partial charge >= 0.3 is 0 Å². The number of nitrogens with zero attached hydrogens (tertiary/aromatic N) is 3. The van der Waals surface area contributed by atoms with Gasteiger partial charge in [-0.25, -0.2) is 0 Å². The minimum absolute atomic E-state index is 0.123. The van der Waals surface area contributed by atoms with E-state index < -0.39 is 5.41 Å². The molecule has 178 valence electrons. The maximum Gasteiger partial charge on any atom is 0.264 e. The van der Waals surface area contributed by atoms with E-state index >= 15 is 0 Å². The Labute approximate surface area is 201 Å². The Balaban J connectivity index is 2.02. The molecular weight excluding hydrogens is 438 g/mol. The molecule has 1 aromatic carbocycles. The first-order valence-electron chi connectivity index (χ1n) is 11.8. The summed E-state index contributed by atoms with van der Waals surface area (Å²) >= 11 is 6.06. The van der Waals surface area contributed by atoms with Gasteiger partial charge in [0.2, 0.25) is 11.9 Å². The van der Waals surface area contributed by atoms with Crippen LogP contribution in [-0.2, 0) is 20.9 Å². The van der Waals surface area contributed by atoms with Gasteiger partial charge in [-0.3, -0.25) is 14.5 Å². The largest absolute Gasteiger partial charge is 0.495 e. The number of hydrogen-bond acceptors (Lipinski definition) is 4. The number of benzene rings is 1. The van der Waals surface area contributed by atoms with E-state index in [4.69, 9.17) is 16.3 Å². The predicted molar refractivity (Wildman–Crippen MR) is 131 cm³/mol. The van der Waals surface area contributed by atoms with Crippen molar-refractivity contribution in [1.29, 1.82) is 0 Å². The van der Waals surface area contributed by atoms with E-state index in [0.717, 1.165) is 29.9 Å². The predicted octanol–water partition coefficient (Wildman–Crippen LogP) is 5.68. The first-order valence-corrected chi connectivity index (χ1v) is 12.2. The molecule has 0 saturated carbocycles. The summed E-state index contributed by atoms with van der Waals surface area (Å²) in [6.45, 7) is 10.7. The molecule has 0 saturated heterocycles. The van der Waals surface area contributed by atoms with Gasteiger partial charge in [0.1, 0.15) is 5.41 Å². The highest BCUT2D eigenvalue weighted by atomic mass is 35.5. The molecule has 1 aromatic rings. The summed E-state index contributed by atoms with van der Waals surface area (Å²) in [5.41, 5.74) is 0.820. The molecule has 6 nitrogen and oxygen atoms in total. The Hall–Kier alpha value is -2.60. The van der Waals surface area contributed by atoms with Gasteiger partial charge in [0.05, 0.1) is 18.4 Å². The van der Waals surface area contributed by atoms with Crippen molar-refractivity contribution in [1.82, 2.24) is 9.80 Å². The zero-order valence-electron chi connectivity index (χ0n) is 20.2. The fourth-order valence-electron chi connectivity index (χ4n) is 4.38. The molecule has 0 N–H and O–H groups in total. The van der Waals surface area contributed by atoms with Crippen LogP contribution in [0.4, 0.5) is 0 Å². The van der Waals surface area contributed by atoms with E-state index in [1.54, 1.807) is 4.90 Å². The third-order valence-electron chi connectivity index (χ3n) is 6.35. The van der Waals surface area contributed by atoms with Crippen LogP contribution in [0.25, 0.3) is 0 Å². The van der Waals surface area contributed by atoms with Gasteiger partial charge in [-0.1, -0.05) is 37.6 Å². The molecule has 33 heavy (non-hydrogen) atoms. The van der Waals surface area contributed by atoms with Crippen molar-refractivity contribution in [2.45, 2.75) is 73.0 Å². The first kappa shape index (κ1) is 25.0. The van der Waals surface area contributed by atoms with E-state index in [9.17, 15) is 9.59 Å². The second-order valence-electron chi connectivity index (χ2n) is 8.73. The average Bonchev–Trinajstić information content (AvgIpc) is 2.79. The van der Waals surface area contributed by atoms with Crippen LogP contribution < -0.4 is 0 Å². The molecule has 1 aliphatic heterocycles. The van der Waals surface area contributed by atoms with E-state index in [1.165, 1.54) is 0 Å². The summed E-state index contributed by atoms with van der Waals surface area (Å²) in [5, 5.41) is 0.637. The van der Waals surface area contributed by atoms with Crippen LogP contribution in [0.3, 0.4) is 0 Å². The maximum absolute atomic E-state index is 13.8. The van der Waals surface area contributed by atoms with Crippen molar-refractivity contribution >= 4 is 29.4 Å². The number of ether oxygens (including phenoxy) is 1.